The maximum Gasteiger partial charge on any atom is 0.153 e. The van der Waals surface area contributed by atoms with Crippen LogP contribution >= 0.6 is 0 Å². The molecule has 1 unspecified atom stereocenters. The molecule has 2 N–H and O–H groups in total. The molecule has 0 aromatic heterocycles. The molecule has 2 aliphatic rings. The molecule has 0 radical (unpaired) electrons. The molecule has 2 rings (SSSR count). The van der Waals surface area contributed by atoms with Crippen molar-refractivity contribution in [2.75, 3.05) is 0 Å². The van der Waals surface area contributed by atoms with Crippen LogP contribution in [-0.2, 0) is 0 Å². The van der Waals surface area contributed by atoms with Crippen LogP contribution in [0.4, 0.5) is 0 Å². The molecule has 1 saturated carbocycles. The molecule has 1 fully saturated rings. The first kappa shape index (κ1) is 14.4. The van der Waals surface area contributed by atoms with Crippen molar-refractivity contribution < 1.29 is 0 Å². The number of nitrogens with one attached hydrogen (secondary N) is 2. The molecule has 1 aliphatic carbocycles. The summed E-state index contributed by atoms with van der Waals surface area (Å²) in [7, 11) is 0. The Bertz CT molecular complexity index is 513. The zero-order chi connectivity index (χ0) is 14.6. The van der Waals surface area contributed by atoms with Gasteiger partial charge in [-0.25, -0.2) is 0 Å². The van der Waals surface area contributed by atoms with E-state index in [1.54, 1.807) is 0 Å². The first-order valence-corrected chi connectivity index (χ1v) is 7.31. The van der Waals surface area contributed by atoms with Crippen LogP contribution in [0.15, 0.2) is 16.4 Å². The second kappa shape index (κ2) is 5.96. The molecule has 5 heteroatoms. The van der Waals surface area contributed by atoms with Crippen LogP contribution in [0.25, 0.3) is 0 Å². The predicted molar refractivity (Wildman–Crippen MR) is 77.5 cm³/mol. The first-order valence-electron chi connectivity index (χ1n) is 7.31. The monoisotopic (exact) mass is 271 g/mol. The number of nitrogens with zero attached hydrogens (tertiary/aromatic N) is 3. The number of allylic oxidation sites excluding steroid dienone is 2. The average molecular weight is 271 g/mol. The maximum atomic E-state index is 9.14. The van der Waals surface area contributed by atoms with Crippen molar-refractivity contribution in [2.24, 2.45) is 4.99 Å². The van der Waals surface area contributed by atoms with E-state index in [-0.39, 0.29) is 5.70 Å². The van der Waals surface area contributed by atoms with Crippen molar-refractivity contribution in [1.29, 1.82) is 10.5 Å². The lowest BCUT2D eigenvalue weighted by atomic mass is 9.92. The van der Waals surface area contributed by atoms with E-state index in [2.05, 4.69) is 17.6 Å². The van der Waals surface area contributed by atoms with Gasteiger partial charge in [-0.3, -0.25) is 4.99 Å². The molecule has 1 heterocycles. The molecule has 20 heavy (non-hydrogen) atoms. The zero-order valence-electron chi connectivity index (χ0n) is 12.2. The molecule has 0 bridgehead atoms. The van der Waals surface area contributed by atoms with Crippen LogP contribution in [0.3, 0.4) is 0 Å². The molecular weight excluding hydrogens is 250 g/mol. The summed E-state index contributed by atoms with van der Waals surface area (Å²) >= 11 is 0. The highest BCUT2D eigenvalue weighted by Gasteiger charge is 2.36. The average Bonchev–Trinajstić information content (AvgIpc) is 2.50. The quantitative estimate of drug-likeness (QED) is 0.807. The van der Waals surface area contributed by atoms with Gasteiger partial charge in [0.1, 0.15) is 23.7 Å². The van der Waals surface area contributed by atoms with E-state index in [0.717, 1.165) is 25.1 Å². The molecule has 0 spiro atoms. The molecular formula is C15H21N5. The second-order valence-electron chi connectivity index (χ2n) is 5.68. The molecule has 0 aromatic rings. The predicted octanol–water partition coefficient (Wildman–Crippen LogP) is 2.34. The van der Waals surface area contributed by atoms with Crippen molar-refractivity contribution in [3.05, 3.63) is 11.4 Å². The van der Waals surface area contributed by atoms with E-state index in [1.165, 1.54) is 19.3 Å². The van der Waals surface area contributed by atoms with E-state index >= 15 is 0 Å². The van der Waals surface area contributed by atoms with E-state index in [4.69, 9.17) is 15.5 Å². The van der Waals surface area contributed by atoms with E-state index in [1.807, 2.05) is 19.1 Å². The molecule has 0 aromatic carbocycles. The fourth-order valence-electron chi connectivity index (χ4n) is 2.71. The standard InChI is InChI=1S/C15H21N5/c1-3-15(2)14(18-11-7-5-4-6-8-11)19-12(9-16)13(10-17)20-15/h11,20H,3-8H2,1-2H3,(H,18,19). The number of hydrogen-bond acceptors (Lipinski definition) is 4. The summed E-state index contributed by atoms with van der Waals surface area (Å²) in [5, 5.41) is 24.5. The third kappa shape index (κ3) is 2.77. The maximum absolute atomic E-state index is 9.14. The fourth-order valence-corrected chi connectivity index (χ4v) is 2.71. The molecule has 1 atom stereocenters. The summed E-state index contributed by atoms with van der Waals surface area (Å²) in [5.41, 5.74) is 0.176. The third-order valence-corrected chi connectivity index (χ3v) is 4.23. The van der Waals surface area contributed by atoms with Crippen LogP contribution in [-0.4, -0.2) is 17.4 Å². The van der Waals surface area contributed by atoms with Gasteiger partial charge in [-0.1, -0.05) is 26.2 Å². The van der Waals surface area contributed by atoms with Gasteiger partial charge in [0.15, 0.2) is 5.70 Å². The van der Waals surface area contributed by atoms with Gasteiger partial charge in [0, 0.05) is 0 Å². The van der Waals surface area contributed by atoms with Gasteiger partial charge in [0.05, 0.1) is 11.6 Å². The second-order valence-corrected chi connectivity index (χ2v) is 5.68. The lowest BCUT2D eigenvalue weighted by Crippen LogP contribution is -2.58. The van der Waals surface area contributed by atoms with Gasteiger partial charge >= 0.3 is 0 Å². The highest BCUT2D eigenvalue weighted by Crippen LogP contribution is 2.24. The summed E-state index contributed by atoms with van der Waals surface area (Å²) in [6, 6.07) is 4.42. The zero-order valence-corrected chi connectivity index (χ0v) is 12.2. The summed E-state index contributed by atoms with van der Waals surface area (Å²) in [6.45, 7) is 4.07. The normalized spacial score (nSPS) is 29.3. The number of amidine groups is 1. The lowest BCUT2D eigenvalue weighted by Gasteiger charge is -2.37. The Morgan fingerprint density at radius 3 is 2.40 bits per heavy atom. The van der Waals surface area contributed by atoms with Gasteiger partial charge < -0.3 is 10.6 Å². The number of aliphatic imine (C=N–C) groups is 1. The Balaban J connectivity index is 2.31. The Labute approximate surface area is 120 Å². The first-order chi connectivity index (χ1) is 9.62. The van der Waals surface area contributed by atoms with Crippen LogP contribution in [0.2, 0.25) is 0 Å². The van der Waals surface area contributed by atoms with Crippen molar-refractivity contribution in [1.82, 2.24) is 10.6 Å². The fraction of sp³-hybridized carbons (Fsp3) is 0.667. The van der Waals surface area contributed by atoms with Crippen LogP contribution in [0.1, 0.15) is 52.4 Å². The number of nitriles is 2. The van der Waals surface area contributed by atoms with Gasteiger partial charge in [-0.2, -0.15) is 10.5 Å². The smallest absolute Gasteiger partial charge is 0.153 e. The topological polar surface area (TPSA) is 84.0 Å². The molecule has 0 saturated heterocycles. The summed E-state index contributed by atoms with van der Waals surface area (Å²) in [5.74, 6) is 0.794. The van der Waals surface area contributed by atoms with Gasteiger partial charge in [-0.05, 0) is 26.2 Å². The Morgan fingerprint density at radius 2 is 1.85 bits per heavy atom. The molecule has 5 nitrogen and oxygen atoms in total. The summed E-state index contributed by atoms with van der Waals surface area (Å²) < 4.78 is 0. The minimum Gasteiger partial charge on any atom is -0.362 e. The minimum atomic E-state index is -0.400. The Morgan fingerprint density at radius 1 is 1.20 bits per heavy atom. The number of hydrogen-bond donors (Lipinski definition) is 2. The van der Waals surface area contributed by atoms with Crippen LogP contribution < -0.4 is 10.6 Å². The van der Waals surface area contributed by atoms with E-state index < -0.39 is 5.54 Å². The largest absolute Gasteiger partial charge is 0.362 e. The molecule has 0 amide bonds. The van der Waals surface area contributed by atoms with Crippen LogP contribution in [0.5, 0.6) is 0 Å². The van der Waals surface area contributed by atoms with Crippen molar-refractivity contribution >= 4 is 5.84 Å². The third-order valence-electron chi connectivity index (χ3n) is 4.23. The summed E-state index contributed by atoms with van der Waals surface area (Å²) in [4.78, 5) is 4.83. The van der Waals surface area contributed by atoms with E-state index in [0.29, 0.717) is 11.7 Å². The van der Waals surface area contributed by atoms with Crippen molar-refractivity contribution in [2.45, 2.75) is 64.0 Å². The summed E-state index contributed by atoms with van der Waals surface area (Å²) in [6.07, 6.45) is 6.77. The highest BCUT2D eigenvalue weighted by atomic mass is 15.2. The van der Waals surface area contributed by atoms with Crippen molar-refractivity contribution in [3.63, 3.8) is 0 Å². The molecule has 1 aliphatic heterocycles. The van der Waals surface area contributed by atoms with Gasteiger partial charge in [-0.15, -0.1) is 0 Å². The SMILES string of the molecule is CCC1(C)NC(C#N)=C(C#N)NC1=NC1CCCCC1. The number of rotatable bonds is 2. The minimum absolute atomic E-state index is 0.271. The Hall–Kier alpha value is -2.01. The van der Waals surface area contributed by atoms with Gasteiger partial charge in [0.2, 0.25) is 0 Å². The van der Waals surface area contributed by atoms with Gasteiger partial charge in [0.25, 0.3) is 0 Å². The lowest BCUT2D eigenvalue weighted by molar-refractivity contribution is 0.428. The molecule has 106 valence electrons. The highest BCUT2D eigenvalue weighted by molar-refractivity contribution is 5.95. The van der Waals surface area contributed by atoms with E-state index in [9.17, 15) is 0 Å². The Kier molecular flexibility index (Phi) is 4.29. The van der Waals surface area contributed by atoms with Crippen molar-refractivity contribution in [3.8, 4) is 12.1 Å². The van der Waals surface area contributed by atoms with Crippen LogP contribution in [0, 0.1) is 22.7 Å².